The van der Waals surface area contributed by atoms with Crippen molar-refractivity contribution in [2.45, 2.75) is 38.8 Å². The third-order valence-electron chi connectivity index (χ3n) is 4.03. The summed E-state index contributed by atoms with van der Waals surface area (Å²) in [6.07, 6.45) is 2.24. The standard InChI is InChI=1S/C17H26N2O2/c1-13(2)21-16-7-5-14(6-8-16)17(20)19(4)15-9-11-18(3)12-10-15/h5-8,13,15H,9-12H2,1-4H3. The highest BCUT2D eigenvalue weighted by Gasteiger charge is 2.24. The summed E-state index contributed by atoms with van der Waals surface area (Å²) in [4.78, 5) is 16.7. The third kappa shape index (κ3) is 4.21. The Morgan fingerprint density at radius 3 is 2.33 bits per heavy atom. The molecule has 1 saturated heterocycles. The summed E-state index contributed by atoms with van der Waals surface area (Å²) in [6.45, 7) is 6.10. The summed E-state index contributed by atoms with van der Waals surface area (Å²) in [7, 11) is 4.04. The minimum Gasteiger partial charge on any atom is -0.491 e. The van der Waals surface area contributed by atoms with Crippen LogP contribution in [0.15, 0.2) is 24.3 Å². The Labute approximate surface area is 127 Å². The molecule has 0 spiro atoms. The lowest BCUT2D eigenvalue weighted by Gasteiger charge is -2.35. The number of piperidine rings is 1. The van der Waals surface area contributed by atoms with E-state index in [4.69, 9.17) is 4.74 Å². The van der Waals surface area contributed by atoms with Gasteiger partial charge in [0, 0.05) is 18.7 Å². The molecule has 0 radical (unpaired) electrons. The van der Waals surface area contributed by atoms with E-state index in [1.165, 1.54) is 0 Å². The summed E-state index contributed by atoms with van der Waals surface area (Å²) in [6, 6.07) is 7.79. The molecule has 1 aromatic carbocycles. The van der Waals surface area contributed by atoms with Crippen LogP contribution in [0.3, 0.4) is 0 Å². The summed E-state index contributed by atoms with van der Waals surface area (Å²) in [5, 5.41) is 0. The molecule has 1 aliphatic rings. The zero-order valence-electron chi connectivity index (χ0n) is 13.5. The number of likely N-dealkylation sites (tertiary alicyclic amines) is 1. The Kier molecular flexibility index (Phi) is 5.23. The first-order valence-electron chi connectivity index (χ1n) is 7.70. The molecule has 4 nitrogen and oxygen atoms in total. The highest BCUT2D eigenvalue weighted by atomic mass is 16.5. The first-order valence-corrected chi connectivity index (χ1v) is 7.70. The van der Waals surface area contributed by atoms with Gasteiger partial charge in [-0.3, -0.25) is 4.79 Å². The van der Waals surface area contributed by atoms with Crippen molar-refractivity contribution in [3.05, 3.63) is 29.8 Å². The highest BCUT2D eigenvalue weighted by Crippen LogP contribution is 2.19. The van der Waals surface area contributed by atoms with Gasteiger partial charge in [-0.25, -0.2) is 0 Å². The van der Waals surface area contributed by atoms with Gasteiger partial charge in [0.2, 0.25) is 0 Å². The molecule has 0 bridgehead atoms. The van der Waals surface area contributed by atoms with Gasteiger partial charge in [-0.05, 0) is 71.1 Å². The van der Waals surface area contributed by atoms with Crippen LogP contribution in [0.4, 0.5) is 0 Å². The van der Waals surface area contributed by atoms with E-state index < -0.39 is 0 Å². The Morgan fingerprint density at radius 1 is 1.24 bits per heavy atom. The van der Waals surface area contributed by atoms with E-state index in [1.807, 2.05) is 50.1 Å². The third-order valence-corrected chi connectivity index (χ3v) is 4.03. The van der Waals surface area contributed by atoms with Crippen molar-refractivity contribution >= 4 is 5.91 Å². The molecule has 0 aliphatic carbocycles. The van der Waals surface area contributed by atoms with Gasteiger partial charge in [0.1, 0.15) is 5.75 Å². The number of ether oxygens (including phenoxy) is 1. The number of hydrogen-bond donors (Lipinski definition) is 0. The van der Waals surface area contributed by atoms with Crippen molar-refractivity contribution < 1.29 is 9.53 Å². The Bertz CT molecular complexity index is 462. The smallest absolute Gasteiger partial charge is 0.253 e. The van der Waals surface area contributed by atoms with Crippen LogP contribution < -0.4 is 4.74 Å². The van der Waals surface area contributed by atoms with E-state index >= 15 is 0 Å². The lowest BCUT2D eigenvalue weighted by molar-refractivity contribution is 0.0659. The van der Waals surface area contributed by atoms with E-state index in [0.717, 1.165) is 37.2 Å². The fourth-order valence-corrected chi connectivity index (χ4v) is 2.70. The molecule has 1 amide bonds. The van der Waals surface area contributed by atoms with E-state index in [1.54, 1.807) is 0 Å². The van der Waals surface area contributed by atoms with Crippen LogP contribution in [0, 0.1) is 0 Å². The average molecular weight is 290 g/mol. The first-order chi connectivity index (χ1) is 9.97. The lowest BCUT2D eigenvalue weighted by atomic mass is 10.0. The van der Waals surface area contributed by atoms with Crippen LogP contribution in [0.5, 0.6) is 5.75 Å². The van der Waals surface area contributed by atoms with Gasteiger partial charge < -0.3 is 14.5 Å². The van der Waals surface area contributed by atoms with Crippen LogP contribution in [-0.2, 0) is 0 Å². The number of amides is 1. The van der Waals surface area contributed by atoms with Crippen molar-refractivity contribution in [1.29, 1.82) is 0 Å². The minimum atomic E-state index is 0.0978. The molecule has 0 saturated carbocycles. The second kappa shape index (κ2) is 6.94. The molecule has 1 fully saturated rings. The van der Waals surface area contributed by atoms with Crippen LogP contribution in [0.25, 0.3) is 0 Å². The van der Waals surface area contributed by atoms with Crippen molar-refractivity contribution in [2.75, 3.05) is 27.2 Å². The Balaban J connectivity index is 1.98. The topological polar surface area (TPSA) is 32.8 Å². The van der Waals surface area contributed by atoms with E-state index in [9.17, 15) is 4.79 Å². The van der Waals surface area contributed by atoms with E-state index in [-0.39, 0.29) is 12.0 Å². The molecule has 0 aromatic heterocycles. The molecule has 1 aromatic rings. The van der Waals surface area contributed by atoms with Gasteiger partial charge in [-0.15, -0.1) is 0 Å². The molecule has 2 rings (SSSR count). The summed E-state index contributed by atoms with van der Waals surface area (Å²) < 4.78 is 5.61. The van der Waals surface area contributed by atoms with Crippen molar-refractivity contribution in [3.63, 3.8) is 0 Å². The predicted molar refractivity (Wildman–Crippen MR) is 84.8 cm³/mol. The van der Waals surface area contributed by atoms with Gasteiger partial charge in [-0.2, -0.15) is 0 Å². The molecule has 4 heteroatoms. The van der Waals surface area contributed by atoms with Crippen molar-refractivity contribution in [3.8, 4) is 5.75 Å². The fraction of sp³-hybridized carbons (Fsp3) is 0.588. The van der Waals surface area contributed by atoms with Gasteiger partial charge in [0.25, 0.3) is 5.91 Å². The second-order valence-corrected chi connectivity index (χ2v) is 6.14. The molecule has 0 unspecified atom stereocenters. The van der Waals surface area contributed by atoms with Crippen LogP contribution in [0.2, 0.25) is 0 Å². The number of rotatable bonds is 4. The number of nitrogens with zero attached hydrogens (tertiary/aromatic N) is 2. The minimum absolute atomic E-state index is 0.0978. The largest absolute Gasteiger partial charge is 0.491 e. The second-order valence-electron chi connectivity index (χ2n) is 6.14. The summed E-state index contributed by atoms with van der Waals surface area (Å²) >= 11 is 0. The van der Waals surface area contributed by atoms with Crippen molar-refractivity contribution in [1.82, 2.24) is 9.80 Å². The van der Waals surface area contributed by atoms with E-state index in [2.05, 4.69) is 11.9 Å². The normalized spacial score (nSPS) is 17.0. The number of carbonyl (C=O) groups is 1. The molecule has 0 N–H and O–H groups in total. The maximum absolute atomic E-state index is 12.5. The number of hydrogen-bond acceptors (Lipinski definition) is 3. The van der Waals surface area contributed by atoms with Gasteiger partial charge in [0.05, 0.1) is 6.10 Å². The van der Waals surface area contributed by atoms with Crippen LogP contribution in [0.1, 0.15) is 37.0 Å². The maximum Gasteiger partial charge on any atom is 0.253 e. The quantitative estimate of drug-likeness (QED) is 0.854. The Hall–Kier alpha value is -1.55. The molecule has 1 aliphatic heterocycles. The number of carbonyl (C=O) groups excluding carboxylic acids is 1. The molecule has 1 heterocycles. The SMILES string of the molecule is CC(C)Oc1ccc(C(=O)N(C)C2CCN(C)CC2)cc1. The first kappa shape index (κ1) is 15.8. The maximum atomic E-state index is 12.5. The van der Waals surface area contributed by atoms with Crippen molar-refractivity contribution in [2.24, 2.45) is 0 Å². The van der Waals surface area contributed by atoms with Gasteiger partial charge >= 0.3 is 0 Å². The zero-order chi connectivity index (χ0) is 15.4. The molecular formula is C17H26N2O2. The molecule has 21 heavy (non-hydrogen) atoms. The van der Waals surface area contributed by atoms with Gasteiger partial charge in [-0.1, -0.05) is 0 Å². The monoisotopic (exact) mass is 290 g/mol. The zero-order valence-corrected chi connectivity index (χ0v) is 13.5. The van der Waals surface area contributed by atoms with Crippen LogP contribution in [-0.4, -0.2) is 55.0 Å². The Morgan fingerprint density at radius 2 is 1.81 bits per heavy atom. The van der Waals surface area contributed by atoms with E-state index in [0.29, 0.717) is 6.04 Å². The van der Waals surface area contributed by atoms with Gasteiger partial charge in [0.15, 0.2) is 0 Å². The summed E-state index contributed by atoms with van der Waals surface area (Å²) in [5.74, 6) is 0.907. The summed E-state index contributed by atoms with van der Waals surface area (Å²) in [5.41, 5.74) is 0.729. The lowest BCUT2D eigenvalue weighted by Crippen LogP contribution is -2.44. The van der Waals surface area contributed by atoms with Crippen LogP contribution >= 0.6 is 0 Å². The highest BCUT2D eigenvalue weighted by molar-refractivity contribution is 5.94. The number of benzene rings is 1. The fourth-order valence-electron chi connectivity index (χ4n) is 2.70. The average Bonchev–Trinajstić information content (AvgIpc) is 2.47. The molecular weight excluding hydrogens is 264 g/mol. The molecule has 0 atom stereocenters. The predicted octanol–water partition coefficient (Wildman–Crippen LogP) is 2.64. The molecule has 116 valence electrons.